The molecule has 3 rings (SSSR count). The van der Waals surface area contributed by atoms with Crippen LogP contribution in [0, 0.1) is 0 Å². The smallest absolute Gasteiger partial charge is 0.257 e. The SMILES string of the molecule is CC1Oc2ccccc2C=C1/C=N/NC(=O)C1CCCN1. The number of hydrogen-bond donors (Lipinski definition) is 2. The summed E-state index contributed by atoms with van der Waals surface area (Å²) in [4.78, 5) is 11.8. The first kappa shape index (κ1) is 13.8. The van der Waals surface area contributed by atoms with Crippen LogP contribution in [0.3, 0.4) is 0 Å². The highest BCUT2D eigenvalue weighted by Crippen LogP contribution is 2.28. The first-order chi connectivity index (χ1) is 10.2. The lowest BCUT2D eigenvalue weighted by Crippen LogP contribution is -2.38. The number of nitrogens with one attached hydrogen (secondary N) is 2. The summed E-state index contributed by atoms with van der Waals surface area (Å²) in [6, 6.07) is 7.75. The van der Waals surface area contributed by atoms with Crippen LogP contribution in [0.25, 0.3) is 6.08 Å². The van der Waals surface area contributed by atoms with E-state index in [2.05, 4.69) is 15.8 Å². The molecule has 0 bridgehead atoms. The lowest BCUT2D eigenvalue weighted by atomic mass is 10.0. The van der Waals surface area contributed by atoms with Gasteiger partial charge in [0.05, 0.1) is 12.3 Å². The Morgan fingerprint density at radius 1 is 1.48 bits per heavy atom. The fourth-order valence-corrected chi connectivity index (χ4v) is 2.56. The molecule has 0 aliphatic carbocycles. The van der Waals surface area contributed by atoms with Gasteiger partial charge in [0, 0.05) is 11.1 Å². The van der Waals surface area contributed by atoms with E-state index < -0.39 is 0 Å². The minimum absolute atomic E-state index is 0.0749. The first-order valence-corrected chi connectivity index (χ1v) is 7.27. The zero-order chi connectivity index (χ0) is 14.7. The summed E-state index contributed by atoms with van der Waals surface area (Å²) in [5, 5.41) is 7.19. The summed E-state index contributed by atoms with van der Waals surface area (Å²) in [5.74, 6) is 0.801. The number of amides is 1. The van der Waals surface area contributed by atoms with Crippen molar-refractivity contribution in [3.05, 3.63) is 35.4 Å². The van der Waals surface area contributed by atoms with Gasteiger partial charge in [-0.05, 0) is 38.5 Å². The highest BCUT2D eigenvalue weighted by atomic mass is 16.5. The number of ether oxygens (including phenoxy) is 1. The maximum absolute atomic E-state index is 11.8. The van der Waals surface area contributed by atoms with Crippen LogP contribution in [-0.4, -0.2) is 30.8 Å². The summed E-state index contributed by atoms with van der Waals surface area (Å²) >= 11 is 0. The molecule has 21 heavy (non-hydrogen) atoms. The zero-order valence-electron chi connectivity index (χ0n) is 12.0. The van der Waals surface area contributed by atoms with Crippen LogP contribution in [-0.2, 0) is 4.79 Å². The van der Waals surface area contributed by atoms with Gasteiger partial charge in [-0.1, -0.05) is 18.2 Å². The minimum atomic E-state index is -0.114. The molecule has 2 unspecified atom stereocenters. The normalized spacial score (nSPS) is 24.3. The largest absolute Gasteiger partial charge is 0.485 e. The molecule has 1 aromatic rings. The van der Waals surface area contributed by atoms with E-state index >= 15 is 0 Å². The van der Waals surface area contributed by atoms with Crippen LogP contribution in [0.1, 0.15) is 25.3 Å². The average Bonchev–Trinajstić information content (AvgIpc) is 3.02. The van der Waals surface area contributed by atoms with Crippen molar-refractivity contribution in [3.63, 3.8) is 0 Å². The van der Waals surface area contributed by atoms with Crippen LogP contribution in [0.15, 0.2) is 34.9 Å². The summed E-state index contributed by atoms with van der Waals surface area (Å²) in [5.41, 5.74) is 4.55. The van der Waals surface area contributed by atoms with Gasteiger partial charge < -0.3 is 10.1 Å². The fourth-order valence-electron chi connectivity index (χ4n) is 2.56. The van der Waals surface area contributed by atoms with Crippen molar-refractivity contribution in [1.29, 1.82) is 0 Å². The zero-order valence-corrected chi connectivity index (χ0v) is 12.0. The molecule has 1 saturated heterocycles. The van der Waals surface area contributed by atoms with Gasteiger partial charge in [-0.15, -0.1) is 0 Å². The Morgan fingerprint density at radius 2 is 2.33 bits per heavy atom. The molecule has 2 aliphatic heterocycles. The quantitative estimate of drug-likeness (QED) is 0.656. The maximum atomic E-state index is 11.8. The van der Waals surface area contributed by atoms with Gasteiger partial charge in [-0.25, -0.2) is 5.43 Å². The van der Waals surface area contributed by atoms with Crippen LogP contribution in [0.4, 0.5) is 0 Å². The highest BCUT2D eigenvalue weighted by Gasteiger charge is 2.21. The van der Waals surface area contributed by atoms with Crippen LogP contribution >= 0.6 is 0 Å². The molecule has 110 valence electrons. The maximum Gasteiger partial charge on any atom is 0.257 e. The number of hydrazone groups is 1. The summed E-state index contributed by atoms with van der Waals surface area (Å²) in [6.45, 7) is 2.86. The third-order valence-electron chi connectivity index (χ3n) is 3.78. The van der Waals surface area contributed by atoms with Crippen molar-refractivity contribution in [1.82, 2.24) is 10.7 Å². The molecule has 0 saturated carbocycles. The van der Waals surface area contributed by atoms with Crippen molar-refractivity contribution < 1.29 is 9.53 Å². The number of nitrogens with zero attached hydrogens (tertiary/aromatic N) is 1. The lowest BCUT2D eigenvalue weighted by molar-refractivity contribution is -0.122. The van der Waals surface area contributed by atoms with E-state index in [1.54, 1.807) is 6.21 Å². The third kappa shape index (κ3) is 3.13. The van der Waals surface area contributed by atoms with Crippen LogP contribution < -0.4 is 15.5 Å². The molecule has 1 amide bonds. The van der Waals surface area contributed by atoms with Gasteiger partial charge >= 0.3 is 0 Å². The Kier molecular flexibility index (Phi) is 4.01. The van der Waals surface area contributed by atoms with Gasteiger partial charge in [0.15, 0.2) is 0 Å². The highest BCUT2D eigenvalue weighted by molar-refractivity contribution is 5.90. The molecule has 0 aromatic heterocycles. The van der Waals surface area contributed by atoms with E-state index in [4.69, 9.17) is 4.74 Å². The van der Waals surface area contributed by atoms with E-state index in [1.807, 2.05) is 37.3 Å². The second-order valence-electron chi connectivity index (χ2n) is 5.33. The van der Waals surface area contributed by atoms with Gasteiger partial charge in [0.1, 0.15) is 11.9 Å². The Hall–Kier alpha value is -2.14. The molecule has 0 spiro atoms. The lowest BCUT2D eigenvalue weighted by Gasteiger charge is -2.22. The molecule has 0 radical (unpaired) electrons. The molecule has 5 nitrogen and oxygen atoms in total. The van der Waals surface area contributed by atoms with E-state index in [-0.39, 0.29) is 18.1 Å². The molecule has 5 heteroatoms. The molecule has 2 atom stereocenters. The number of carbonyl (C=O) groups is 1. The number of hydrogen-bond acceptors (Lipinski definition) is 4. The Balaban J connectivity index is 1.65. The molecule has 2 heterocycles. The first-order valence-electron chi connectivity index (χ1n) is 7.27. The van der Waals surface area contributed by atoms with Gasteiger partial charge in [-0.3, -0.25) is 4.79 Å². The van der Waals surface area contributed by atoms with Crippen molar-refractivity contribution >= 4 is 18.2 Å². The van der Waals surface area contributed by atoms with E-state index in [0.717, 1.165) is 36.3 Å². The summed E-state index contributed by atoms with van der Waals surface area (Å²) in [7, 11) is 0. The summed E-state index contributed by atoms with van der Waals surface area (Å²) < 4.78 is 5.82. The Morgan fingerprint density at radius 3 is 3.14 bits per heavy atom. The van der Waals surface area contributed by atoms with Crippen LogP contribution in [0.5, 0.6) is 5.75 Å². The van der Waals surface area contributed by atoms with E-state index in [9.17, 15) is 4.79 Å². The predicted octanol–water partition coefficient (Wildman–Crippen LogP) is 1.70. The second kappa shape index (κ2) is 6.10. The second-order valence-corrected chi connectivity index (χ2v) is 5.33. The monoisotopic (exact) mass is 285 g/mol. The van der Waals surface area contributed by atoms with E-state index in [1.165, 1.54) is 0 Å². The molecule has 2 N–H and O–H groups in total. The predicted molar refractivity (Wildman–Crippen MR) is 82.2 cm³/mol. The number of carbonyl (C=O) groups excluding carboxylic acids is 1. The van der Waals surface area contributed by atoms with Crippen molar-refractivity contribution in [2.75, 3.05) is 6.54 Å². The molecular formula is C16H19N3O2. The van der Waals surface area contributed by atoms with Gasteiger partial charge in [0.2, 0.25) is 0 Å². The number of rotatable bonds is 3. The Bertz CT molecular complexity index is 589. The molecule has 1 aromatic carbocycles. The van der Waals surface area contributed by atoms with Crippen molar-refractivity contribution in [2.45, 2.75) is 31.9 Å². The Labute approximate surface area is 124 Å². The fraction of sp³-hybridized carbons (Fsp3) is 0.375. The van der Waals surface area contributed by atoms with Crippen molar-refractivity contribution in [2.24, 2.45) is 5.10 Å². The summed E-state index contributed by atoms with van der Waals surface area (Å²) in [6.07, 6.45) is 5.52. The number of para-hydroxylation sites is 1. The topological polar surface area (TPSA) is 62.7 Å². The van der Waals surface area contributed by atoms with Crippen LogP contribution in [0.2, 0.25) is 0 Å². The minimum Gasteiger partial charge on any atom is -0.485 e. The molecule has 1 fully saturated rings. The van der Waals surface area contributed by atoms with Gasteiger partial charge in [-0.2, -0.15) is 5.10 Å². The standard InChI is InChI=1S/C16H19N3O2/c1-11-13(9-12-5-2-3-7-15(12)21-11)10-18-19-16(20)14-6-4-8-17-14/h2-3,5,7,9-11,14,17H,4,6,8H2,1H3,(H,19,20)/b18-10+. The van der Waals surface area contributed by atoms with Crippen molar-refractivity contribution in [3.8, 4) is 5.75 Å². The molecule has 2 aliphatic rings. The third-order valence-corrected chi connectivity index (χ3v) is 3.78. The number of benzene rings is 1. The van der Waals surface area contributed by atoms with Gasteiger partial charge in [0.25, 0.3) is 5.91 Å². The number of fused-ring (bicyclic) bond motifs is 1. The molecular weight excluding hydrogens is 266 g/mol. The van der Waals surface area contributed by atoms with E-state index in [0.29, 0.717) is 0 Å². The average molecular weight is 285 g/mol.